The van der Waals surface area contributed by atoms with Gasteiger partial charge in [-0.1, -0.05) is 17.8 Å². The summed E-state index contributed by atoms with van der Waals surface area (Å²) < 4.78 is 0. The molecule has 1 heterocycles. The number of carbonyl (C=O) groups excluding carboxylic acids is 3. The Labute approximate surface area is 154 Å². The van der Waals surface area contributed by atoms with Gasteiger partial charge in [-0.3, -0.25) is 9.59 Å². The number of likely N-dealkylation sites (N-methyl/N-ethyl adjacent to an activating group) is 1. The van der Waals surface area contributed by atoms with E-state index in [9.17, 15) is 14.4 Å². The van der Waals surface area contributed by atoms with E-state index < -0.39 is 6.04 Å². The van der Waals surface area contributed by atoms with Crippen molar-refractivity contribution in [2.24, 2.45) is 0 Å². The highest BCUT2D eigenvalue weighted by Gasteiger charge is 2.26. The third-order valence-electron chi connectivity index (χ3n) is 4.08. The Morgan fingerprint density at radius 1 is 1.24 bits per heavy atom. The van der Waals surface area contributed by atoms with Gasteiger partial charge in [0.15, 0.2) is 5.12 Å². The predicted octanol–water partition coefficient (Wildman–Crippen LogP) is 1.02. The quantitative estimate of drug-likeness (QED) is 0.646. The number of amides is 3. The van der Waals surface area contributed by atoms with Gasteiger partial charge in [-0.15, -0.1) is 6.58 Å². The maximum absolute atomic E-state index is 12.5. The fourth-order valence-electron chi connectivity index (χ4n) is 2.50. The first kappa shape index (κ1) is 21.5. The summed E-state index contributed by atoms with van der Waals surface area (Å²) in [6.45, 7) is 10.9. The average molecular weight is 371 g/mol. The summed E-state index contributed by atoms with van der Waals surface area (Å²) in [5.74, 6) is 0.490. The van der Waals surface area contributed by atoms with Gasteiger partial charge in [0.25, 0.3) is 0 Å². The first-order valence-corrected chi connectivity index (χ1v) is 9.60. The van der Waals surface area contributed by atoms with E-state index in [2.05, 4.69) is 16.8 Å². The smallest absolute Gasteiger partial charge is 0.318 e. The van der Waals surface area contributed by atoms with Crippen LogP contribution < -0.4 is 5.32 Å². The molecule has 1 rings (SSSR count). The highest BCUT2D eigenvalue weighted by atomic mass is 32.2. The van der Waals surface area contributed by atoms with Gasteiger partial charge in [-0.2, -0.15) is 0 Å². The molecule has 0 bridgehead atoms. The van der Waals surface area contributed by atoms with Crippen molar-refractivity contribution in [1.29, 1.82) is 0 Å². The lowest BCUT2D eigenvalue weighted by molar-refractivity contribution is -0.134. The number of hydrogen-bond acceptors (Lipinski definition) is 5. The molecular weight excluding hydrogens is 340 g/mol. The van der Waals surface area contributed by atoms with Crippen molar-refractivity contribution in [3.05, 3.63) is 12.7 Å². The van der Waals surface area contributed by atoms with E-state index in [0.717, 1.165) is 13.1 Å². The standard InChI is InChI=1S/C17H30N4O3S/c1-5-6-7-21(12-13-25-15(3)22)17(24)18-14(2)16(23)20-10-8-19(4)9-11-20/h5,14H,1,6-13H2,2-4H3,(H,18,24)/t14-/m0/s1. The number of thioether (sulfide) groups is 1. The van der Waals surface area contributed by atoms with Crippen LogP contribution in [0.1, 0.15) is 20.3 Å². The highest BCUT2D eigenvalue weighted by Crippen LogP contribution is 2.06. The topological polar surface area (TPSA) is 73.0 Å². The van der Waals surface area contributed by atoms with Crippen LogP contribution in [0.25, 0.3) is 0 Å². The van der Waals surface area contributed by atoms with Crippen LogP contribution in [0.3, 0.4) is 0 Å². The number of hydrogen-bond donors (Lipinski definition) is 1. The summed E-state index contributed by atoms with van der Waals surface area (Å²) in [4.78, 5) is 41.6. The molecule has 142 valence electrons. The van der Waals surface area contributed by atoms with E-state index in [1.54, 1.807) is 22.8 Å². The minimum Gasteiger partial charge on any atom is -0.338 e. The van der Waals surface area contributed by atoms with Gasteiger partial charge in [-0.05, 0) is 20.4 Å². The zero-order chi connectivity index (χ0) is 18.8. The molecule has 1 saturated heterocycles. The summed E-state index contributed by atoms with van der Waals surface area (Å²) in [6, 6.07) is -0.844. The molecule has 0 aromatic carbocycles. The second-order valence-corrected chi connectivity index (χ2v) is 7.48. The lowest BCUT2D eigenvalue weighted by atomic mass is 10.2. The monoisotopic (exact) mass is 370 g/mol. The zero-order valence-corrected chi connectivity index (χ0v) is 16.3. The van der Waals surface area contributed by atoms with Crippen molar-refractivity contribution in [1.82, 2.24) is 20.0 Å². The number of rotatable bonds is 8. The lowest BCUT2D eigenvalue weighted by Crippen LogP contribution is -2.55. The van der Waals surface area contributed by atoms with Crippen molar-refractivity contribution in [2.45, 2.75) is 26.3 Å². The normalized spacial score (nSPS) is 16.2. The van der Waals surface area contributed by atoms with E-state index >= 15 is 0 Å². The van der Waals surface area contributed by atoms with E-state index in [1.807, 2.05) is 7.05 Å². The fraction of sp³-hybridized carbons (Fsp3) is 0.706. The van der Waals surface area contributed by atoms with Gasteiger partial charge < -0.3 is 20.0 Å². The molecule has 1 aliphatic heterocycles. The fourth-order valence-corrected chi connectivity index (χ4v) is 3.10. The van der Waals surface area contributed by atoms with Crippen LogP contribution in [0, 0.1) is 0 Å². The van der Waals surface area contributed by atoms with Crippen molar-refractivity contribution in [2.75, 3.05) is 52.1 Å². The summed E-state index contributed by atoms with van der Waals surface area (Å²) in [5, 5.41) is 2.82. The Bertz CT molecular complexity index is 479. The molecule has 0 aromatic heterocycles. The molecule has 25 heavy (non-hydrogen) atoms. The molecular formula is C17H30N4O3S. The average Bonchev–Trinajstić information content (AvgIpc) is 2.57. The maximum Gasteiger partial charge on any atom is 0.318 e. The molecule has 1 atom stereocenters. The predicted molar refractivity (Wildman–Crippen MR) is 102 cm³/mol. The minimum absolute atomic E-state index is 0.0303. The van der Waals surface area contributed by atoms with Gasteiger partial charge in [0.1, 0.15) is 6.04 Å². The Balaban J connectivity index is 2.53. The molecule has 0 unspecified atom stereocenters. The Kier molecular flexibility index (Phi) is 9.59. The largest absolute Gasteiger partial charge is 0.338 e. The van der Waals surface area contributed by atoms with E-state index in [-0.39, 0.29) is 17.1 Å². The van der Waals surface area contributed by atoms with Crippen LogP contribution in [0.15, 0.2) is 12.7 Å². The molecule has 0 spiro atoms. The molecule has 7 nitrogen and oxygen atoms in total. The SMILES string of the molecule is C=CCCN(CCSC(C)=O)C(=O)N[C@@H](C)C(=O)N1CCN(C)CC1. The second kappa shape index (κ2) is 11.1. The Hall–Kier alpha value is -1.54. The number of urea groups is 1. The highest BCUT2D eigenvalue weighted by molar-refractivity contribution is 8.13. The summed E-state index contributed by atoms with van der Waals surface area (Å²) in [5.41, 5.74) is 0. The first-order valence-electron chi connectivity index (χ1n) is 8.62. The third kappa shape index (κ3) is 7.92. The molecule has 1 N–H and O–H groups in total. The molecule has 0 aromatic rings. The molecule has 3 amide bonds. The molecule has 0 radical (unpaired) electrons. The van der Waals surface area contributed by atoms with Gasteiger partial charge >= 0.3 is 6.03 Å². The molecule has 0 saturated carbocycles. The van der Waals surface area contributed by atoms with Crippen LogP contribution in [0.2, 0.25) is 0 Å². The van der Waals surface area contributed by atoms with Crippen molar-refractivity contribution in [3.63, 3.8) is 0 Å². The van der Waals surface area contributed by atoms with Gasteiger partial charge in [0, 0.05) is 51.9 Å². The Morgan fingerprint density at radius 2 is 1.88 bits per heavy atom. The molecule has 1 aliphatic rings. The summed E-state index contributed by atoms with van der Waals surface area (Å²) >= 11 is 1.19. The number of nitrogens with one attached hydrogen (secondary N) is 1. The van der Waals surface area contributed by atoms with Crippen LogP contribution in [0.4, 0.5) is 4.79 Å². The van der Waals surface area contributed by atoms with Gasteiger partial charge in [-0.25, -0.2) is 4.79 Å². The zero-order valence-electron chi connectivity index (χ0n) is 15.5. The first-order chi connectivity index (χ1) is 11.8. The van der Waals surface area contributed by atoms with Crippen LogP contribution in [0.5, 0.6) is 0 Å². The molecule has 1 fully saturated rings. The number of nitrogens with zero attached hydrogens (tertiary/aromatic N) is 3. The third-order valence-corrected chi connectivity index (χ3v) is 4.88. The van der Waals surface area contributed by atoms with Gasteiger partial charge in [0.2, 0.25) is 5.91 Å². The van der Waals surface area contributed by atoms with Crippen molar-refractivity contribution >= 4 is 28.8 Å². The van der Waals surface area contributed by atoms with E-state index in [4.69, 9.17) is 0 Å². The van der Waals surface area contributed by atoms with Crippen molar-refractivity contribution < 1.29 is 14.4 Å². The number of carbonyl (C=O) groups is 3. The van der Waals surface area contributed by atoms with E-state index in [0.29, 0.717) is 38.4 Å². The lowest BCUT2D eigenvalue weighted by Gasteiger charge is -2.34. The van der Waals surface area contributed by atoms with Crippen LogP contribution in [-0.2, 0) is 9.59 Å². The van der Waals surface area contributed by atoms with Crippen LogP contribution in [-0.4, -0.2) is 89.9 Å². The summed E-state index contributed by atoms with van der Waals surface area (Å²) in [7, 11) is 2.03. The van der Waals surface area contributed by atoms with E-state index in [1.165, 1.54) is 18.7 Å². The molecule has 8 heteroatoms. The van der Waals surface area contributed by atoms with Gasteiger partial charge in [0.05, 0.1) is 0 Å². The Morgan fingerprint density at radius 3 is 2.44 bits per heavy atom. The molecule has 0 aliphatic carbocycles. The maximum atomic E-state index is 12.5. The van der Waals surface area contributed by atoms with Crippen molar-refractivity contribution in [3.8, 4) is 0 Å². The van der Waals surface area contributed by atoms with Crippen LogP contribution >= 0.6 is 11.8 Å². The second-order valence-electron chi connectivity index (χ2n) is 6.20. The summed E-state index contributed by atoms with van der Waals surface area (Å²) in [6.07, 6.45) is 2.41. The minimum atomic E-state index is -0.567. The number of piperazine rings is 1.